The van der Waals surface area contributed by atoms with Crippen molar-refractivity contribution in [2.75, 3.05) is 0 Å². The molecule has 0 N–H and O–H groups in total. The van der Waals surface area contributed by atoms with Crippen molar-refractivity contribution in [3.63, 3.8) is 0 Å². The van der Waals surface area contributed by atoms with Crippen molar-refractivity contribution < 1.29 is 4.39 Å². The Kier molecular flexibility index (Phi) is 3.98. The molecule has 0 unspecified atom stereocenters. The van der Waals surface area contributed by atoms with Gasteiger partial charge in [-0.25, -0.2) is 4.39 Å². The van der Waals surface area contributed by atoms with E-state index in [1.54, 1.807) is 22.9 Å². The fraction of sp³-hybridized carbons (Fsp3) is 0.0833. The molecule has 0 bridgehead atoms. The molecule has 0 aliphatic carbocycles. The minimum atomic E-state index is -0.304. The van der Waals surface area contributed by atoms with Gasteiger partial charge in [-0.05, 0) is 52.4 Å². The van der Waals surface area contributed by atoms with Crippen molar-refractivity contribution >= 4 is 38.5 Å². The highest BCUT2D eigenvalue weighted by atomic mass is 127. The van der Waals surface area contributed by atoms with Crippen molar-refractivity contribution in [3.05, 3.63) is 66.3 Å². The lowest BCUT2D eigenvalue weighted by Crippen LogP contribution is -2.19. The maximum Gasteiger partial charge on any atom is 0.250 e. The summed E-state index contributed by atoms with van der Waals surface area (Å²) in [6, 6.07) is 7.71. The molecule has 0 aliphatic rings. The second kappa shape index (κ2) is 5.30. The number of halogens is 3. The quantitative estimate of drug-likeness (QED) is 0.699. The van der Waals surface area contributed by atoms with Crippen molar-refractivity contribution in [2.45, 2.75) is 6.54 Å². The first kappa shape index (κ1) is 12.8. The Morgan fingerprint density at radius 2 is 2.06 bits per heavy atom. The SMILES string of the molecule is O=c1ccc(I)cn1Cc1cc(F)ccc1Br. The molecule has 2 nitrogen and oxygen atoms in total. The standard InChI is InChI=1S/C12H8BrFINO/c13-11-3-1-9(14)5-8(11)6-16-7-10(15)2-4-12(16)17/h1-5,7H,6H2. The smallest absolute Gasteiger partial charge is 0.250 e. The summed E-state index contributed by atoms with van der Waals surface area (Å²) >= 11 is 5.48. The van der Waals surface area contributed by atoms with Gasteiger partial charge in [0.15, 0.2) is 0 Å². The predicted molar refractivity (Wildman–Crippen MR) is 76.6 cm³/mol. The third-order valence-corrected chi connectivity index (χ3v) is 3.71. The van der Waals surface area contributed by atoms with Crippen LogP contribution in [0.4, 0.5) is 4.39 Å². The Labute approximate surface area is 120 Å². The van der Waals surface area contributed by atoms with Crippen LogP contribution in [0.2, 0.25) is 0 Å². The molecule has 5 heteroatoms. The molecule has 0 amide bonds. The Bertz CT molecular complexity index is 612. The number of benzene rings is 1. The van der Waals surface area contributed by atoms with Gasteiger partial charge < -0.3 is 4.57 Å². The maximum absolute atomic E-state index is 13.1. The summed E-state index contributed by atoms with van der Waals surface area (Å²) in [6.45, 7) is 0.355. The zero-order chi connectivity index (χ0) is 12.4. The van der Waals surface area contributed by atoms with Crippen molar-refractivity contribution in [2.24, 2.45) is 0 Å². The Hall–Kier alpha value is -0.690. The van der Waals surface area contributed by atoms with Gasteiger partial charge in [-0.3, -0.25) is 4.79 Å². The summed E-state index contributed by atoms with van der Waals surface area (Å²) < 4.78 is 16.4. The number of nitrogens with zero attached hydrogens (tertiary/aromatic N) is 1. The Morgan fingerprint density at radius 3 is 2.82 bits per heavy atom. The molecule has 1 aromatic heterocycles. The van der Waals surface area contributed by atoms with Crippen LogP contribution in [0.3, 0.4) is 0 Å². The van der Waals surface area contributed by atoms with E-state index in [0.717, 1.165) is 13.6 Å². The first-order valence-electron chi connectivity index (χ1n) is 4.86. The van der Waals surface area contributed by atoms with Crippen LogP contribution in [0.1, 0.15) is 5.56 Å². The van der Waals surface area contributed by atoms with Crippen LogP contribution in [0.25, 0.3) is 0 Å². The predicted octanol–water partition coefficient (Wildman–Crippen LogP) is 3.40. The van der Waals surface area contributed by atoms with E-state index >= 15 is 0 Å². The summed E-state index contributed by atoms with van der Waals surface area (Å²) in [7, 11) is 0. The van der Waals surface area contributed by atoms with Gasteiger partial charge in [-0.2, -0.15) is 0 Å². The number of aromatic nitrogens is 1. The molecule has 17 heavy (non-hydrogen) atoms. The average Bonchev–Trinajstić information content (AvgIpc) is 2.28. The van der Waals surface area contributed by atoms with Crippen molar-refractivity contribution in [3.8, 4) is 0 Å². The number of rotatable bonds is 2. The monoisotopic (exact) mass is 407 g/mol. The molecule has 0 saturated carbocycles. The molecule has 1 aromatic carbocycles. The van der Waals surface area contributed by atoms with Gasteiger partial charge in [0.2, 0.25) is 0 Å². The highest BCUT2D eigenvalue weighted by molar-refractivity contribution is 14.1. The van der Waals surface area contributed by atoms with E-state index in [0.29, 0.717) is 6.54 Å². The number of hydrogen-bond donors (Lipinski definition) is 0. The molecule has 0 aliphatic heterocycles. The molecular formula is C12H8BrFINO. The van der Waals surface area contributed by atoms with Gasteiger partial charge in [-0.1, -0.05) is 15.9 Å². The molecule has 0 spiro atoms. The second-order valence-corrected chi connectivity index (χ2v) is 5.65. The topological polar surface area (TPSA) is 22.0 Å². The van der Waals surface area contributed by atoms with Crippen LogP contribution in [0.15, 0.2) is 45.8 Å². The van der Waals surface area contributed by atoms with Crippen LogP contribution in [-0.2, 0) is 6.54 Å². The molecule has 0 atom stereocenters. The van der Waals surface area contributed by atoms with E-state index in [2.05, 4.69) is 38.5 Å². The summed E-state index contributed by atoms with van der Waals surface area (Å²) in [5, 5.41) is 0. The highest BCUT2D eigenvalue weighted by Crippen LogP contribution is 2.18. The number of hydrogen-bond acceptors (Lipinski definition) is 1. The first-order chi connectivity index (χ1) is 8.06. The third-order valence-electron chi connectivity index (χ3n) is 2.30. The molecule has 0 saturated heterocycles. The fourth-order valence-electron chi connectivity index (χ4n) is 1.47. The summed E-state index contributed by atoms with van der Waals surface area (Å²) in [4.78, 5) is 11.6. The number of pyridine rings is 1. The van der Waals surface area contributed by atoms with Crippen LogP contribution < -0.4 is 5.56 Å². The molecule has 1 heterocycles. The molecular weight excluding hydrogens is 400 g/mol. The van der Waals surface area contributed by atoms with E-state index < -0.39 is 0 Å². The van der Waals surface area contributed by atoms with Crippen molar-refractivity contribution in [1.82, 2.24) is 4.57 Å². The molecule has 0 fully saturated rings. The second-order valence-electron chi connectivity index (χ2n) is 3.55. The minimum Gasteiger partial charge on any atom is -0.310 e. The highest BCUT2D eigenvalue weighted by Gasteiger charge is 2.04. The zero-order valence-corrected chi connectivity index (χ0v) is 12.4. The Balaban J connectivity index is 2.41. The van der Waals surface area contributed by atoms with Gasteiger partial charge >= 0.3 is 0 Å². The van der Waals surface area contributed by atoms with E-state index in [1.165, 1.54) is 18.2 Å². The average molecular weight is 408 g/mol. The van der Waals surface area contributed by atoms with Crippen LogP contribution >= 0.6 is 38.5 Å². The molecule has 88 valence electrons. The maximum atomic E-state index is 13.1. The van der Waals surface area contributed by atoms with Crippen LogP contribution in [0, 0.1) is 9.39 Å². The van der Waals surface area contributed by atoms with Gasteiger partial charge in [0.05, 0.1) is 6.54 Å². The zero-order valence-electron chi connectivity index (χ0n) is 8.66. The van der Waals surface area contributed by atoms with Gasteiger partial charge in [0.1, 0.15) is 5.82 Å². The molecule has 0 radical (unpaired) electrons. The van der Waals surface area contributed by atoms with Crippen molar-refractivity contribution in [1.29, 1.82) is 0 Å². The normalized spacial score (nSPS) is 10.5. The van der Waals surface area contributed by atoms with E-state index in [-0.39, 0.29) is 11.4 Å². The summed E-state index contributed by atoms with van der Waals surface area (Å²) in [5.74, 6) is -0.304. The van der Waals surface area contributed by atoms with Gasteiger partial charge in [0, 0.05) is 20.3 Å². The summed E-state index contributed by atoms with van der Waals surface area (Å²) in [5.41, 5.74) is 0.649. The largest absolute Gasteiger partial charge is 0.310 e. The first-order valence-corrected chi connectivity index (χ1v) is 6.73. The lowest BCUT2D eigenvalue weighted by atomic mass is 10.2. The summed E-state index contributed by atoms with van der Waals surface area (Å²) in [6.07, 6.45) is 1.75. The van der Waals surface area contributed by atoms with Crippen LogP contribution in [-0.4, -0.2) is 4.57 Å². The lowest BCUT2D eigenvalue weighted by molar-refractivity contribution is 0.622. The molecule has 2 aromatic rings. The Morgan fingerprint density at radius 1 is 1.29 bits per heavy atom. The lowest BCUT2D eigenvalue weighted by Gasteiger charge is -2.08. The van der Waals surface area contributed by atoms with E-state index in [1.807, 2.05) is 0 Å². The van der Waals surface area contributed by atoms with Crippen LogP contribution in [0.5, 0.6) is 0 Å². The third kappa shape index (κ3) is 3.16. The minimum absolute atomic E-state index is 0.0958. The van der Waals surface area contributed by atoms with E-state index in [4.69, 9.17) is 0 Å². The van der Waals surface area contributed by atoms with Gasteiger partial charge in [0.25, 0.3) is 5.56 Å². The fourth-order valence-corrected chi connectivity index (χ4v) is 2.36. The van der Waals surface area contributed by atoms with E-state index in [9.17, 15) is 9.18 Å². The molecule has 2 rings (SSSR count). The van der Waals surface area contributed by atoms with Gasteiger partial charge in [-0.15, -0.1) is 0 Å².